The van der Waals surface area contributed by atoms with Crippen LogP contribution in [0.2, 0.25) is 0 Å². The summed E-state index contributed by atoms with van der Waals surface area (Å²) >= 11 is 0. The smallest absolute Gasteiger partial charge is 0.143 e. The summed E-state index contributed by atoms with van der Waals surface area (Å²) in [7, 11) is 1.69. The first-order valence-corrected chi connectivity index (χ1v) is 5.97. The van der Waals surface area contributed by atoms with Crippen LogP contribution in [0.4, 0.5) is 0 Å². The molecule has 0 heterocycles. The van der Waals surface area contributed by atoms with E-state index >= 15 is 0 Å². The number of rotatable bonds is 1. The maximum Gasteiger partial charge on any atom is 0.143 e. The van der Waals surface area contributed by atoms with Gasteiger partial charge in [-0.05, 0) is 42.5 Å². The third-order valence-electron chi connectivity index (χ3n) is 4.19. The van der Waals surface area contributed by atoms with E-state index in [1.54, 1.807) is 7.11 Å². The lowest BCUT2D eigenvalue weighted by atomic mass is 9.57. The minimum absolute atomic E-state index is 0.111. The van der Waals surface area contributed by atoms with Crippen molar-refractivity contribution in [3.05, 3.63) is 29.3 Å². The molecule has 1 aromatic rings. The van der Waals surface area contributed by atoms with Crippen LogP contribution < -0.4 is 4.74 Å². The average Bonchev–Trinajstić information content (AvgIpc) is 2.26. The van der Waals surface area contributed by atoms with Crippen molar-refractivity contribution in [2.24, 2.45) is 0 Å². The molecule has 0 aliphatic heterocycles. The van der Waals surface area contributed by atoms with Gasteiger partial charge in [-0.15, -0.1) is 0 Å². The molecule has 0 radical (unpaired) electrons. The van der Waals surface area contributed by atoms with Gasteiger partial charge in [0.2, 0.25) is 0 Å². The normalized spacial score (nSPS) is 21.4. The van der Waals surface area contributed by atoms with E-state index in [1.165, 1.54) is 17.5 Å². The van der Waals surface area contributed by atoms with Crippen LogP contribution in [0.5, 0.6) is 5.75 Å². The number of methoxy groups -OCH3 is 1. The highest BCUT2D eigenvalue weighted by Crippen LogP contribution is 2.49. The molecule has 1 saturated carbocycles. The van der Waals surface area contributed by atoms with Gasteiger partial charge in [0, 0.05) is 6.42 Å². The van der Waals surface area contributed by atoms with Crippen LogP contribution in [0.1, 0.15) is 36.8 Å². The minimum atomic E-state index is -0.111. The molecule has 0 N–H and O–H groups in total. The number of fused-ring (bicyclic) bond motifs is 2. The maximum atomic E-state index is 12.1. The highest BCUT2D eigenvalue weighted by Gasteiger charge is 2.47. The highest BCUT2D eigenvalue weighted by molar-refractivity contribution is 5.93. The summed E-state index contributed by atoms with van der Waals surface area (Å²) in [5.74, 6) is 1.36. The number of aryl methyl sites for hydroxylation is 1. The predicted octanol–water partition coefficient (Wildman–Crippen LogP) is 2.63. The molecule has 0 aromatic heterocycles. The fraction of sp³-hybridized carbons (Fsp3) is 0.500. The Kier molecular flexibility index (Phi) is 2.06. The predicted molar refractivity (Wildman–Crippen MR) is 61.9 cm³/mol. The van der Waals surface area contributed by atoms with Crippen LogP contribution >= 0.6 is 0 Å². The zero-order chi connectivity index (χ0) is 11.2. The van der Waals surface area contributed by atoms with E-state index in [2.05, 4.69) is 12.1 Å². The van der Waals surface area contributed by atoms with Gasteiger partial charge in [-0.25, -0.2) is 0 Å². The molecule has 2 aliphatic rings. The van der Waals surface area contributed by atoms with Crippen molar-refractivity contribution in [1.82, 2.24) is 0 Å². The third-order valence-corrected chi connectivity index (χ3v) is 4.19. The topological polar surface area (TPSA) is 26.3 Å². The third kappa shape index (κ3) is 1.16. The van der Waals surface area contributed by atoms with Gasteiger partial charge in [-0.3, -0.25) is 4.79 Å². The van der Waals surface area contributed by atoms with E-state index in [1.807, 2.05) is 6.07 Å². The van der Waals surface area contributed by atoms with Crippen molar-refractivity contribution in [2.75, 3.05) is 7.11 Å². The van der Waals surface area contributed by atoms with Crippen molar-refractivity contribution in [3.63, 3.8) is 0 Å². The molecule has 0 unspecified atom stereocenters. The number of carbonyl (C=O) groups is 1. The molecular weight excluding hydrogens is 200 g/mol. The fourth-order valence-corrected chi connectivity index (χ4v) is 3.09. The van der Waals surface area contributed by atoms with Crippen LogP contribution in [-0.2, 0) is 16.6 Å². The molecule has 0 saturated heterocycles. The van der Waals surface area contributed by atoms with Crippen LogP contribution in [0.3, 0.4) is 0 Å². The molecule has 0 bridgehead atoms. The van der Waals surface area contributed by atoms with Gasteiger partial charge < -0.3 is 4.74 Å². The zero-order valence-electron chi connectivity index (χ0n) is 9.58. The minimum Gasteiger partial charge on any atom is -0.497 e. The molecule has 2 nitrogen and oxygen atoms in total. The van der Waals surface area contributed by atoms with Crippen LogP contribution in [0.25, 0.3) is 0 Å². The van der Waals surface area contributed by atoms with Gasteiger partial charge in [0.25, 0.3) is 0 Å². The molecule has 16 heavy (non-hydrogen) atoms. The number of hydrogen-bond donors (Lipinski definition) is 0. The second kappa shape index (κ2) is 3.34. The van der Waals surface area contributed by atoms with E-state index in [-0.39, 0.29) is 5.41 Å². The quantitative estimate of drug-likeness (QED) is 0.721. The van der Waals surface area contributed by atoms with Gasteiger partial charge in [-0.2, -0.15) is 0 Å². The first-order chi connectivity index (χ1) is 7.76. The standard InChI is InChI=1S/C14H16O2/c1-16-11-4-5-12-10(9-11)3-6-13(15)14(12)7-2-8-14/h4-5,9H,2-3,6-8H2,1H3. The lowest BCUT2D eigenvalue weighted by Crippen LogP contribution is -2.45. The Morgan fingerprint density at radius 2 is 2.06 bits per heavy atom. The summed E-state index contributed by atoms with van der Waals surface area (Å²) in [4.78, 5) is 12.1. The van der Waals surface area contributed by atoms with Crippen LogP contribution in [-0.4, -0.2) is 12.9 Å². The van der Waals surface area contributed by atoms with Gasteiger partial charge in [0.15, 0.2) is 0 Å². The lowest BCUT2D eigenvalue weighted by Gasteiger charge is -2.44. The maximum absolute atomic E-state index is 12.1. The van der Waals surface area contributed by atoms with Crippen molar-refractivity contribution >= 4 is 5.78 Å². The number of Topliss-reactive ketones (excluding diaryl/α,β-unsaturated/α-hetero) is 1. The van der Waals surface area contributed by atoms with E-state index < -0.39 is 0 Å². The lowest BCUT2D eigenvalue weighted by molar-refractivity contribution is -0.128. The van der Waals surface area contributed by atoms with Crippen molar-refractivity contribution in [2.45, 2.75) is 37.5 Å². The molecule has 1 aromatic carbocycles. The molecule has 84 valence electrons. The van der Waals surface area contributed by atoms with Crippen molar-refractivity contribution in [1.29, 1.82) is 0 Å². The summed E-state index contributed by atoms with van der Waals surface area (Å²) in [5, 5.41) is 0. The number of carbonyl (C=O) groups excluding carboxylic acids is 1. The Hall–Kier alpha value is -1.31. The van der Waals surface area contributed by atoms with E-state index in [4.69, 9.17) is 4.74 Å². The first kappa shape index (κ1) is 9.88. The first-order valence-electron chi connectivity index (χ1n) is 5.97. The molecule has 1 spiro atoms. The Morgan fingerprint density at radius 3 is 2.69 bits per heavy atom. The highest BCUT2D eigenvalue weighted by atomic mass is 16.5. The van der Waals surface area contributed by atoms with E-state index in [0.29, 0.717) is 12.2 Å². The zero-order valence-corrected chi connectivity index (χ0v) is 9.58. The van der Waals surface area contributed by atoms with Gasteiger partial charge in [0.05, 0.1) is 12.5 Å². The second-order valence-electron chi connectivity index (χ2n) is 4.88. The monoisotopic (exact) mass is 216 g/mol. The summed E-state index contributed by atoms with van der Waals surface area (Å²) < 4.78 is 5.24. The summed E-state index contributed by atoms with van der Waals surface area (Å²) in [6, 6.07) is 6.18. The molecule has 0 amide bonds. The van der Waals surface area contributed by atoms with Gasteiger partial charge >= 0.3 is 0 Å². The molecule has 3 rings (SSSR count). The van der Waals surface area contributed by atoms with Crippen molar-refractivity contribution < 1.29 is 9.53 Å². The summed E-state index contributed by atoms with van der Waals surface area (Å²) in [5.41, 5.74) is 2.48. The summed E-state index contributed by atoms with van der Waals surface area (Å²) in [6.07, 6.45) is 4.88. The molecule has 2 aliphatic carbocycles. The molecule has 0 atom stereocenters. The van der Waals surface area contributed by atoms with Crippen LogP contribution in [0, 0.1) is 0 Å². The number of benzene rings is 1. The van der Waals surface area contributed by atoms with Crippen LogP contribution in [0.15, 0.2) is 18.2 Å². The summed E-state index contributed by atoms with van der Waals surface area (Å²) in [6.45, 7) is 0. The Bertz CT molecular complexity index is 444. The number of ether oxygens (including phenoxy) is 1. The average molecular weight is 216 g/mol. The van der Waals surface area contributed by atoms with E-state index in [0.717, 1.165) is 25.0 Å². The Balaban J connectivity index is 2.10. The molecular formula is C14H16O2. The number of ketones is 1. The SMILES string of the molecule is COc1ccc2c(c1)CCC(=O)C21CCC1. The molecule has 2 heteroatoms. The van der Waals surface area contributed by atoms with Gasteiger partial charge in [-0.1, -0.05) is 12.5 Å². The van der Waals surface area contributed by atoms with E-state index in [9.17, 15) is 4.79 Å². The molecule has 1 fully saturated rings. The van der Waals surface area contributed by atoms with Crippen molar-refractivity contribution in [3.8, 4) is 5.75 Å². The second-order valence-corrected chi connectivity index (χ2v) is 4.88. The van der Waals surface area contributed by atoms with Gasteiger partial charge in [0.1, 0.15) is 11.5 Å². The Labute approximate surface area is 95.6 Å². The fourth-order valence-electron chi connectivity index (χ4n) is 3.09. The largest absolute Gasteiger partial charge is 0.497 e. The number of hydrogen-bond acceptors (Lipinski definition) is 2. The Morgan fingerprint density at radius 1 is 1.25 bits per heavy atom.